The Balaban J connectivity index is 1.97. The van der Waals surface area contributed by atoms with Crippen LogP contribution >= 0.6 is 0 Å². The molecule has 4 heteroatoms. The molecule has 0 atom stereocenters. The molecule has 1 heterocycles. The summed E-state index contributed by atoms with van der Waals surface area (Å²) in [4.78, 5) is 0. The average Bonchev–Trinajstić information content (AvgIpc) is 2.91. The summed E-state index contributed by atoms with van der Waals surface area (Å²) in [5, 5.41) is 7.69. The van der Waals surface area contributed by atoms with Gasteiger partial charge in [0.1, 0.15) is 5.75 Å². The molecule has 0 unspecified atom stereocenters. The lowest BCUT2D eigenvalue weighted by Crippen LogP contribution is -2.07. The monoisotopic (exact) mass is 273 g/mol. The molecule has 0 amide bonds. The first-order valence-electron chi connectivity index (χ1n) is 7.16. The first kappa shape index (κ1) is 14.4. The van der Waals surface area contributed by atoms with Gasteiger partial charge in [-0.1, -0.05) is 26.0 Å². The van der Waals surface area contributed by atoms with Crippen molar-refractivity contribution in [2.75, 3.05) is 11.9 Å². The molecule has 108 valence electrons. The van der Waals surface area contributed by atoms with Crippen LogP contribution in [0.5, 0.6) is 5.75 Å². The zero-order valence-corrected chi connectivity index (χ0v) is 12.5. The first-order chi connectivity index (χ1) is 9.69. The highest BCUT2D eigenvalue weighted by molar-refractivity contribution is 5.56. The molecule has 0 saturated heterocycles. The summed E-state index contributed by atoms with van der Waals surface area (Å²) >= 11 is 0. The standard InChI is InChI=1S/C16H23N3O/c1-4-19-11-14(10-18-19)9-17-15-7-5-6-8-16(15)20-12-13(2)3/h5-8,10-11,13,17H,4,9,12H2,1-3H3. The minimum Gasteiger partial charge on any atom is -0.491 e. The predicted molar refractivity (Wildman–Crippen MR) is 82.0 cm³/mol. The van der Waals surface area contributed by atoms with Crippen LogP contribution in [0, 0.1) is 5.92 Å². The number of aromatic nitrogens is 2. The topological polar surface area (TPSA) is 39.1 Å². The van der Waals surface area contributed by atoms with Crippen molar-refractivity contribution in [3.05, 3.63) is 42.2 Å². The first-order valence-corrected chi connectivity index (χ1v) is 7.16. The lowest BCUT2D eigenvalue weighted by Gasteiger charge is -2.14. The molecule has 1 aromatic heterocycles. The second kappa shape index (κ2) is 6.98. The van der Waals surface area contributed by atoms with Gasteiger partial charge in [-0.15, -0.1) is 0 Å². The molecule has 0 bridgehead atoms. The van der Waals surface area contributed by atoms with Gasteiger partial charge in [0.25, 0.3) is 0 Å². The van der Waals surface area contributed by atoms with Gasteiger partial charge in [0.2, 0.25) is 0 Å². The fraction of sp³-hybridized carbons (Fsp3) is 0.438. The van der Waals surface area contributed by atoms with Crippen molar-refractivity contribution < 1.29 is 4.74 Å². The quantitative estimate of drug-likeness (QED) is 0.838. The van der Waals surface area contributed by atoms with Gasteiger partial charge in [0.15, 0.2) is 0 Å². The molecule has 4 nitrogen and oxygen atoms in total. The van der Waals surface area contributed by atoms with E-state index < -0.39 is 0 Å². The summed E-state index contributed by atoms with van der Waals surface area (Å²) in [7, 11) is 0. The second-order valence-electron chi connectivity index (χ2n) is 5.26. The second-order valence-corrected chi connectivity index (χ2v) is 5.26. The highest BCUT2D eigenvalue weighted by atomic mass is 16.5. The number of hydrogen-bond donors (Lipinski definition) is 1. The minimum atomic E-state index is 0.519. The Bertz CT molecular complexity index is 534. The number of benzene rings is 1. The van der Waals surface area contributed by atoms with Crippen LogP contribution in [-0.2, 0) is 13.1 Å². The van der Waals surface area contributed by atoms with Crippen molar-refractivity contribution in [3.63, 3.8) is 0 Å². The van der Waals surface area contributed by atoms with Crippen molar-refractivity contribution in [2.45, 2.75) is 33.9 Å². The van der Waals surface area contributed by atoms with E-state index in [0.717, 1.165) is 31.1 Å². The summed E-state index contributed by atoms with van der Waals surface area (Å²) in [6, 6.07) is 8.05. The van der Waals surface area contributed by atoms with Crippen LogP contribution in [0.3, 0.4) is 0 Å². The van der Waals surface area contributed by atoms with E-state index in [2.05, 4.69) is 37.4 Å². The van der Waals surface area contributed by atoms with E-state index in [1.54, 1.807) is 0 Å². The minimum absolute atomic E-state index is 0.519. The predicted octanol–water partition coefficient (Wildman–Crippen LogP) is 3.55. The highest BCUT2D eigenvalue weighted by Gasteiger charge is 2.04. The van der Waals surface area contributed by atoms with Gasteiger partial charge in [-0.3, -0.25) is 4.68 Å². The third kappa shape index (κ3) is 4.02. The van der Waals surface area contributed by atoms with E-state index in [9.17, 15) is 0 Å². The van der Waals surface area contributed by atoms with Crippen LogP contribution in [0.1, 0.15) is 26.3 Å². The van der Waals surface area contributed by atoms with Gasteiger partial charge >= 0.3 is 0 Å². The normalized spacial score (nSPS) is 10.8. The van der Waals surface area contributed by atoms with Crippen LogP contribution in [0.15, 0.2) is 36.7 Å². The zero-order chi connectivity index (χ0) is 14.4. The number of anilines is 1. The summed E-state index contributed by atoms with van der Waals surface area (Å²) in [5.74, 6) is 1.43. The lowest BCUT2D eigenvalue weighted by molar-refractivity contribution is 0.272. The Kier molecular flexibility index (Phi) is 5.04. The third-order valence-electron chi connectivity index (χ3n) is 2.95. The van der Waals surface area contributed by atoms with Crippen LogP contribution in [0.4, 0.5) is 5.69 Å². The van der Waals surface area contributed by atoms with E-state index in [0.29, 0.717) is 5.92 Å². The Hall–Kier alpha value is -1.97. The number of aryl methyl sites for hydroxylation is 1. The van der Waals surface area contributed by atoms with Crippen LogP contribution < -0.4 is 10.1 Å². The van der Waals surface area contributed by atoms with Crippen molar-refractivity contribution in [1.82, 2.24) is 9.78 Å². The summed E-state index contributed by atoms with van der Waals surface area (Å²) < 4.78 is 7.76. The van der Waals surface area contributed by atoms with Crippen molar-refractivity contribution in [3.8, 4) is 5.75 Å². The van der Waals surface area contributed by atoms with E-state index >= 15 is 0 Å². The Morgan fingerprint density at radius 2 is 2.10 bits per heavy atom. The summed E-state index contributed by atoms with van der Waals surface area (Å²) in [5.41, 5.74) is 2.20. The number of para-hydroxylation sites is 2. The Morgan fingerprint density at radius 3 is 2.80 bits per heavy atom. The summed E-state index contributed by atoms with van der Waals surface area (Å²) in [6.45, 7) is 8.76. The molecule has 2 aromatic rings. The van der Waals surface area contributed by atoms with Gasteiger partial charge < -0.3 is 10.1 Å². The third-order valence-corrected chi connectivity index (χ3v) is 2.95. The average molecular weight is 273 g/mol. The SMILES string of the molecule is CCn1cc(CNc2ccccc2OCC(C)C)cn1. The number of hydrogen-bond acceptors (Lipinski definition) is 3. The molecule has 20 heavy (non-hydrogen) atoms. The lowest BCUT2D eigenvalue weighted by atomic mass is 10.2. The molecule has 0 aliphatic rings. The molecule has 0 fully saturated rings. The van der Waals surface area contributed by atoms with Crippen molar-refractivity contribution in [1.29, 1.82) is 0 Å². The molecular weight excluding hydrogens is 250 g/mol. The number of nitrogens with one attached hydrogen (secondary N) is 1. The van der Waals surface area contributed by atoms with E-state index in [1.165, 1.54) is 5.56 Å². The number of rotatable bonds is 7. The van der Waals surface area contributed by atoms with E-state index in [1.807, 2.05) is 35.1 Å². The maximum absolute atomic E-state index is 5.83. The molecule has 0 radical (unpaired) electrons. The van der Waals surface area contributed by atoms with E-state index in [-0.39, 0.29) is 0 Å². The van der Waals surface area contributed by atoms with Gasteiger partial charge in [0, 0.05) is 24.8 Å². The van der Waals surface area contributed by atoms with Gasteiger partial charge in [-0.25, -0.2) is 0 Å². The number of nitrogens with zero attached hydrogens (tertiary/aromatic N) is 2. The Labute approximate surface area is 120 Å². The van der Waals surface area contributed by atoms with Crippen molar-refractivity contribution >= 4 is 5.69 Å². The molecule has 1 aromatic carbocycles. The van der Waals surface area contributed by atoms with Gasteiger partial charge in [-0.05, 0) is 25.0 Å². The Morgan fingerprint density at radius 1 is 1.30 bits per heavy atom. The van der Waals surface area contributed by atoms with Crippen LogP contribution in [0.2, 0.25) is 0 Å². The highest BCUT2D eigenvalue weighted by Crippen LogP contribution is 2.24. The smallest absolute Gasteiger partial charge is 0.142 e. The van der Waals surface area contributed by atoms with E-state index in [4.69, 9.17) is 4.74 Å². The molecule has 1 N–H and O–H groups in total. The fourth-order valence-corrected chi connectivity index (χ4v) is 1.86. The molecule has 0 spiro atoms. The molecule has 2 rings (SSSR count). The number of ether oxygens (including phenoxy) is 1. The molecular formula is C16H23N3O. The molecule has 0 saturated carbocycles. The van der Waals surface area contributed by atoms with Crippen LogP contribution in [-0.4, -0.2) is 16.4 Å². The fourth-order valence-electron chi connectivity index (χ4n) is 1.86. The maximum Gasteiger partial charge on any atom is 0.142 e. The zero-order valence-electron chi connectivity index (χ0n) is 12.5. The molecule has 0 aliphatic heterocycles. The van der Waals surface area contributed by atoms with Gasteiger partial charge in [0.05, 0.1) is 18.5 Å². The van der Waals surface area contributed by atoms with Crippen molar-refractivity contribution in [2.24, 2.45) is 5.92 Å². The van der Waals surface area contributed by atoms with Crippen LogP contribution in [0.25, 0.3) is 0 Å². The maximum atomic E-state index is 5.83. The van der Waals surface area contributed by atoms with Gasteiger partial charge in [-0.2, -0.15) is 5.10 Å². The largest absolute Gasteiger partial charge is 0.491 e. The molecule has 0 aliphatic carbocycles. The summed E-state index contributed by atoms with van der Waals surface area (Å²) in [6.07, 6.45) is 3.96.